The summed E-state index contributed by atoms with van der Waals surface area (Å²) in [7, 11) is 0. The normalized spacial score (nSPS) is 20.5. The summed E-state index contributed by atoms with van der Waals surface area (Å²) in [5, 5.41) is 12.5. The van der Waals surface area contributed by atoms with Gasteiger partial charge in [-0.2, -0.15) is 0 Å². The van der Waals surface area contributed by atoms with Gasteiger partial charge in [0.25, 0.3) is 0 Å². The van der Waals surface area contributed by atoms with Crippen molar-refractivity contribution in [2.75, 3.05) is 44.2 Å². The fourth-order valence-corrected chi connectivity index (χ4v) is 2.69. The Labute approximate surface area is 126 Å². The summed E-state index contributed by atoms with van der Waals surface area (Å²) in [5.41, 5.74) is 1.15. The van der Waals surface area contributed by atoms with Crippen LogP contribution in [0.25, 0.3) is 0 Å². The van der Waals surface area contributed by atoms with E-state index in [1.54, 1.807) is 0 Å². The van der Waals surface area contributed by atoms with Crippen molar-refractivity contribution in [2.24, 2.45) is 0 Å². The van der Waals surface area contributed by atoms with Gasteiger partial charge in [-0.1, -0.05) is 0 Å². The van der Waals surface area contributed by atoms with Gasteiger partial charge in [0.15, 0.2) is 0 Å². The highest BCUT2D eigenvalue weighted by molar-refractivity contribution is 5.30. The number of aliphatic hydroxyl groups excluding tert-OH is 1. The first kappa shape index (κ1) is 14.7. The zero-order valence-corrected chi connectivity index (χ0v) is 12.5. The van der Waals surface area contributed by atoms with Gasteiger partial charge in [-0.25, -0.2) is 9.97 Å². The molecular formula is C15H25N5O. The standard InChI is InChI=1S/C15H25N5O/c21-9-8-19-4-1-5-20(7-6-19)15-17-11-13(12-18-15)10-16-14-2-3-14/h11-12,14,16,21H,1-10H2. The molecule has 0 amide bonds. The van der Waals surface area contributed by atoms with Crippen molar-refractivity contribution in [3.8, 4) is 0 Å². The second-order valence-corrected chi connectivity index (χ2v) is 5.95. The molecule has 1 saturated carbocycles. The van der Waals surface area contributed by atoms with Gasteiger partial charge < -0.3 is 15.3 Å². The fourth-order valence-electron chi connectivity index (χ4n) is 2.69. The Morgan fingerprint density at radius 3 is 2.67 bits per heavy atom. The molecule has 6 heteroatoms. The SMILES string of the molecule is OCCN1CCCN(c2ncc(CNC3CC3)cn2)CC1. The van der Waals surface area contributed by atoms with Crippen LogP contribution in [0.5, 0.6) is 0 Å². The molecule has 0 radical (unpaired) electrons. The van der Waals surface area contributed by atoms with Crippen LogP contribution in [0.3, 0.4) is 0 Å². The average Bonchev–Trinajstić information content (AvgIpc) is 3.34. The van der Waals surface area contributed by atoms with Gasteiger partial charge in [0.05, 0.1) is 6.61 Å². The summed E-state index contributed by atoms with van der Waals surface area (Å²) in [6.07, 6.45) is 7.57. The third kappa shape index (κ3) is 4.36. The second kappa shape index (κ2) is 7.15. The molecule has 1 aliphatic carbocycles. The second-order valence-electron chi connectivity index (χ2n) is 5.95. The number of anilines is 1. The monoisotopic (exact) mass is 291 g/mol. The van der Waals surface area contributed by atoms with E-state index in [2.05, 4.69) is 25.1 Å². The number of aromatic nitrogens is 2. The highest BCUT2D eigenvalue weighted by Crippen LogP contribution is 2.19. The van der Waals surface area contributed by atoms with Crippen LogP contribution in [0.2, 0.25) is 0 Å². The average molecular weight is 291 g/mol. The number of β-amino-alcohol motifs (C(OH)–C–C–N with tert-alkyl or cyclic N) is 1. The van der Waals surface area contributed by atoms with E-state index in [-0.39, 0.29) is 6.61 Å². The quantitative estimate of drug-likeness (QED) is 0.782. The summed E-state index contributed by atoms with van der Waals surface area (Å²) in [6.45, 7) is 5.80. The maximum Gasteiger partial charge on any atom is 0.225 e. The maximum absolute atomic E-state index is 9.03. The Morgan fingerprint density at radius 2 is 1.95 bits per heavy atom. The summed E-state index contributed by atoms with van der Waals surface area (Å²) < 4.78 is 0. The number of nitrogens with zero attached hydrogens (tertiary/aromatic N) is 4. The number of hydrogen-bond donors (Lipinski definition) is 2. The van der Waals surface area contributed by atoms with E-state index in [0.29, 0.717) is 6.04 Å². The van der Waals surface area contributed by atoms with Gasteiger partial charge in [-0.3, -0.25) is 4.90 Å². The smallest absolute Gasteiger partial charge is 0.225 e. The fraction of sp³-hybridized carbons (Fsp3) is 0.733. The zero-order chi connectivity index (χ0) is 14.5. The van der Waals surface area contributed by atoms with Gasteiger partial charge in [-0.05, 0) is 25.8 Å². The number of rotatable bonds is 6. The van der Waals surface area contributed by atoms with E-state index in [1.807, 2.05) is 12.4 Å². The molecule has 0 aromatic carbocycles. The molecule has 0 atom stereocenters. The molecule has 1 aliphatic heterocycles. The Hall–Kier alpha value is -1.24. The minimum Gasteiger partial charge on any atom is -0.395 e. The summed E-state index contributed by atoms with van der Waals surface area (Å²) >= 11 is 0. The molecular weight excluding hydrogens is 266 g/mol. The predicted octanol–water partition coefficient (Wildman–Crippen LogP) is 0.233. The molecule has 0 unspecified atom stereocenters. The van der Waals surface area contributed by atoms with E-state index in [0.717, 1.165) is 57.2 Å². The van der Waals surface area contributed by atoms with Crippen molar-refractivity contribution in [1.82, 2.24) is 20.2 Å². The molecule has 0 bridgehead atoms. The lowest BCUT2D eigenvalue weighted by Gasteiger charge is -2.21. The van der Waals surface area contributed by atoms with Crippen LogP contribution in [0.4, 0.5) is 5.95 Å². The van der Waals surface area contributed by atoms with Crippen molar-refractivity contribution < 1.29 is 5.11 Å². The molecule has 0 spiro atoms. The van der Waals surface area contributed by atoms with Crippen LogP contribution < -0.4 is 10.2 Å². The van der Waals surface area contributed by atoms with Gasteiger partial charge >= 0.3 is 0 Å². The van der Waals surface area contributed by atoms with Crippen LogP contribution in [-0.4, -0.2) is 65.3 Å². The maximum atomic E-state index is 9.03. The minimum atomic E-state index is 0.235. The lowest BCUT2D eigenvalue weighted by atomic mass is 10.3. The van der Waals surface area contributed by atoms with E-state index in [4.69, 9.17) is 5.11 Å². The molecule has 3 rings (SSSR count). The van der Waals surface area contributed by atoms with Gasteiger partial charge in [0, 0.05) is 56.7 Å². The number of nitrogens with one attached hydrogen (secondary N) is 1. The van der Waals surface area contributed by atoms with E-state index < -0.39 is 0 Å². The first-order valence-corrected chi connectivity index (χ1v) is 7.97. The molecule has 116 valence electrons. The highest BCUT2D eigenvalue weighted by atomic mass is 16.3. The molecule has 6 nitrogen and oxygen atoms in total. The molecule has 2 heterocycles. The first-order chi connectivity index (χ1) is 10.3. The minimum absolute atomic E-state index is 0.235. The molecule has 2 aliphatic rings. The van der Waals surface area contributed by atoms with Gasteiger partial charge in [-0.15, -0.1) is 0 Å². The van der Waals surface area contributed by atoms with Crippen LogP contribution in [0, 0.1) is 0 Å². The van der Waals surface area contributed by atoms with Crippen molar-refractivity contribution in [3.05, 3.63) is 18.0 Å². The third-order valence-corrected chi connectivity index (χ3v) is 4.15. The van der Waals surface area contributed by atoms with Gasteiger partial charge in [0.1, 0.15) is 0 Å². The van der Waals surface area contributed by atoms with Crippen molar-refractivity contribution >= 4 is 5.95 Å². The zero-order valence-electron chi connectivity index (χ0n) is 12.5. The molecule has 1 aromatic rings. The Morgan fingerprint density at radius 1 is 1.14 bits per heavy atom. The molecule has 2 N–H and O–H groups in total. The van der Waals surface area contributed by atoms with E-state index >= 15 is 0 Å². The van der Waals surface area contributed by atoms with Crippen LogP contribution >= 0.6 is 0 Å². The largest absolute Gasteiger partial charge is 0.395 e. The Balaban J connectivity index is 1.53. The number of hydrogen-bond acceptors (Lipinski definition) is 6. The number of aliphatic hydroxyl groups is 1. The van der Waals surface area contributed by atoms with Crippen LogP contribution in [0.15, 0.2) is 12.4 Å². The van der Waals surface area contributed by atoms with Crippen molar-refractivity contribution in [2.45, 2.75) is 31.8 Å². The first-order valence-electron chi connectivity index (χ1n) is 7.97. The highest BCUT2D eigenvalue weighted by Gasteiger charge is 2.20. The van der Waals surface area contributed by atoms with Gasteiger partial charge in [0.2, 0.25) is 5.95 Å². The summed E-state index contributed by atoms with van der Waals surface area (Å²) in [6, 6.07) is 0.716. The van der Waals surface area contributed by atoms with Crippen LogP contribution in [0.1, 0.15) is 24.8 Å². The third-order valence-electron chi connectivity index (χ3n) is 4.15. The molecule has 1 saturated heterocycles. The van der Waals surface area contributed by atoms with E-state index in [1.165, 1.54) is 12.8 Å². The van der Waals surface area contributed by atoms with E-state index in [9.17, 15) is 0 Å². The topological polar surface area (TPSA) is 64.5 Å². The molecule has 1 aromatic heterocycles. The summed E-state index contributed by atoms with van der Waals surface area (Å²) in [4.78, 5) is 13.6. The summed E-state index contributed by atoms with van der Waals surface area (Å²) in [5.74, 6) is 0.830. The van der Waals surface area contributed by atoms with Crippen LogP contribution in [-0.2, 0) is 6.54 Å². The lowest BCUT2D eigenvalue weighted by molar-refractivity contribution is 0.204. The molecule has 21 heavy (non-hydrogen) atoms. The predicted molar refractivity (Wildman–Crippen MR) is 82.2 cm³/mol. The van der Waals surface area contributed by atoms with Crippen molar-refractivity contribution in [1.29, 1.82) is 0 Å². The lowest BCUT2D eigenvalue weighted by Crippen LogP contribution is -2.33. The molecule has 2 fully saturated rings. The van der Waals surface area contributed by atoms with Crippen molar-refractivity contribution in [3.63, 3.8) is 0 Å². The Bertz CT molecular complexity index is 434. The Kier molecular flexibility index (Phi) is 5.00.